The summed E-state index contributed by atoms with van der Waals surface area (Å²) in [6.07, 6.45) is 0.424. The third-order valence-electron chi connectivity index (χ3n) is 2.44. The largest absolute Gasteiger partial charge is 0.479 e. The Kier molecular flexibility index (Phi) is 3.49. The van der Waals surface area contributed by atoms with Crippen molar-refractivity contribution in [3.05, 3.63) is 22.6 Å². The van der Waals surface area contributed by atoms with Crippen LogP contribution in [-0.2, 0) is 9.53 Å². The van der Waals surface area contributed by atoms with E-state index in [0.29, 0.717) is 11.0 Å². The topological polar surface area (TPSA) is 80.0 Å². The molecule has 1 aliphatic rings. The number of carbonyl (C=O) groups excluding carboxylic acids is 1. The zero-order valence-corrected chi connectivity index (χ0v) is 10.3. The number of carboxylic acids is 1. The molecule has 1 aliphatic heterocycles. The number of furan rings is 1. The van der Waals surface area contributed by atoms with Crippen LogP contribution in [0.4, 0.5) is 0 Å². The third kappa shape index (κ3) is 2.50. The first-order valence-electron chi connectivity index (χ1n) is 4.96. The third-order valence-corrected chi connectivity index (χ3v) is 3.06. The maximum Gasteiger partial charge on any atom is 0.334 e. The number of nitrogens with zero attached hydrogens (tertiary/aromatic N) is 1. The average molecular weight is 304 g/mol. The Morgan fingerprint density at radius 1 is 1.53 bits per heavy atom. The van der Waals surface area contributed by atoms with Crippen LogP contribution >= 0.6 is 15.9 Å². The van der Waals surface area contributed by atoms with Gasteiger partial charge in [-0.1, -0.05) is 0 Å². The van der Waals surface area contributed by atoms with Crippen LogP contribution < -0.4 is 0 Å². The van der Waals surface area contributed by atoms with Crippen molar-refractivity contribution in [2.24, 2.45) is 0 Å². The quantitative estimate of drug-likeness (QED) is 0.880. The minimum absolute atomic E-state index is 0.0291. The van der Waals surface area contributed by atoms with E-state index in [1.54, 1.807) is 6.07 Å². The highest BCUT2D eigenvalue weighted by Gasteiger charge is 2.31. The zero-order valence-electron chi connectivity index (χ0n) is 8.76. The van der Waals surface area contributed by atoms with Crippen LogP contribution in [0.15, 0.2) is 21.2 Å². The summed E-state index contributed by atoms with van der Waals surface area (Å²) < 4.78 is 10.6. The normalized spacial score (nSPS) is 20.3. The maximum atomic E-state index is 12.0. The second-order valence-corrected chi connectivity index (χ2v) is 4.40. The lowest BCUT2D eigenvalue weighted by Gasteiger charge is -2.30. The summed E-state index contributed by atoms with van der Waals surface area (Å²) in [4.78, 5) is 24.2. The molecule has 7 heteroatoms. The summed E-state index contributed by atoms with van der Waals surface area (Å²) >= 11 is 3.19. The van der Waals surface area contributed by atoms with Crippen LogP contribution in [0.25, 0.3) is 0 Å². The van der Waals surface area contributed by atoms with E-state index in [4.69, 9.17) is 14.3 Å². The van der Waals surface area contributed by atoms with Gasteiger partial charge >= 0.3 is 5.97 Å². The first-order valence-corrected chi connectivity index (χ1v) is 5.75. The Morgan fingerprint density at radius 3 is 2.88 bits per heavy atom. The first kappa shape index (κ1) is 12.1. The van der Waals surface area contributed by atoms with Gasteiger partial charge in [0, 0.05) is 6.54 Å². The zero-order chi connectivity index (χ0) is 12.4. The Balaban J connectivity index is 2.10. The molecule has 0 unspecified atom stereocenters. The summed E-state index contributed by atoms with van der Waals surface area (Å²) in [7, 11) is 0. The number of rotatable bonds is 2. The van der Waals surface area contributed by atoms with Gasteiger partial charge in [-0.25, -0.2) is 4.79 Å². The molecule has 17 heavy (non-hydrogen) atoms. The van der Waals surface area contributed by atoms with Gasteiger partial charge in [0.15, 0.2) is 6.10 Å². The molecule has 0 radical (unpaired) electrons. The van der Waals surface area contributed by atoms with Gasteiger partial charge in [-0.2, -0.15) is 0 Å². The number of halogens is 1. The molecule has 6 nitrogen and oxygen atoms in total. The molecular weight excluding hydrogens is 294 g/mol. The van der Waals surface area contributed by atoms with E-state index < -0.39 is 12.1 Å². The van der Waals surface area contributed by atoms with Gasteiger partial charge in [-0.3, -0.25) is 4.79 Å². The molecule has 0 aliphatic carbocycles. The Hall–Kier alpha value is -1.34. The van der Waals surface area contributed by atoms with E-state index in [-0.39, 0.29) is 24.8 Å². The smallest absolute Gasteiger partial charge is 0.334 e. The van der Waals surface area contributed by atoms with Crippen molar-refractivity contribution < 1.29 is 23.8 Å². The van der Waals surface area contributed by atoms with Crippen molar-refractivity contribution >= 4 is 27.8 Å². The van der Waals surface area contributed by atoms with Gasteiger partial charge in [0.1, 0.15) is 0 Å². The van der Waals surface area contributed by atoms with E-state index in [1.807, 2.05) is 0 Å². The lowest BCUT2D eigenvalue weighted by Crippen LogP contribution is -2.48. The van der Waals surface area contributed by atoms with E-state index in [0.717, 1.165) is 0 Å². The average Bonchev–Trinajstić information content (AvgIpc) is 2.74. The molecule has 1 atom stereocenters. The number of carboxylic acid groups (broad SMARTS) is 1. The molecule has 2 rings (SSSR count). The van der Waals surface area contributed by atoms with Gasteiger partial charge in [0.25, 0.3) is 5.91 Å². The lowest BCUT2D eigenvalue weighted by molar-refractivity contribution is -0.154. The van der Waals surface area contributed by atoms with Gasteiger partial charge in [-0.05, 0) is 22.0 Å². The highest BCUT2D eigenvalue weighted by Crippen LogP contribution is 2.20. The monoisotopic (exact) mass is 303 g/mol. The number of hydrogen-bond donors (Lipinski definition) is 1. The number of carbonyl (C=O) groups is 2. The van der Waals surface area contributed by atoms with E-state index in [2.05, 4.69) is 15.9 Å². The van der Waals surface area contributed by atoms with Crippen molar-refractivity contribution in [1.29, 1.82) is 0 Å². The predicted molar refractivity (Wildman–Crippen MR) is 59.7 cm³/mol. The molecule has 0 spiro atoms. The molecule has 1 saturated heterocycles. The number of hydrogen-bond acceptors (Lipinski definition) is 4. The van der Waals surface area contributed by atoms with Crippen LogP contribution in [0.3, 0.4) is 0 Å². The molecule has 1 aromatic rings. The molecule has 0 saturated carbocycles. The molecule has 1 N–H and O–H groups in total. The summed E-state index contributed by atoms with van der Waals surface area (Å²) in [6.45, 7) is 0.595. The molecule has 0 aromatic carbocycles. The van der Waals surface area contributed by atoms with Gasteiger partial charge in [0.2, 0.25) is 5.76 Å². The van der Waals surface area contributed by atoms with Crippen molar-refractivity contribution in [3.63, 3.8) is 0 Å². The maximum absolute atomic E-state index is 12.0. The van der Waals surface area contributed by atoms with Crippen molar-refractivity contribution in [2.45, 2.75) is 6.10 Å². The van der Waals surface area contributed by atoms with E-state index in [9.17, 15) is 9.59 Å². The predicted octanol–water partition coefficient (Wildman–Crippen LogP) is 0.968. The van der Waals surface area contributed by atoms with Gasteiger partial charge in [0.05, 0.1) is 23.9 Å². The minimum atomic E-state index is -1.07. The molecule has 0 bridgehead atoms. The van der Waals surface area contributed by atoms with Crippen molar-refractivity contribution in [2.75, 3.05) is 19.7 Å². The molecule has 1 aromatic heterocycles. The summed E-state index contributed by atoms with van der Waals surface area (Å²) in [6, 6.07) is 1.61. The second kappa shape index (κ2) is 4.89. The number of morpholine rings is 1. The SMILES string of the molecule is O=C(O)[C@@H]1CN(C(=O)c2occc2Br)CCO1. The lowest BCUT2D eigenvalue weighted by atomic mass is 10.2. The summed E-state index contributed by atoms with van der Waals surface area (Å²) in [5, 5.41) is 8.83. The van der Waals surface area contributed by atoms with Crippen LogP contribution in [0, 0.1) is 0 Å². The minimum Gasteiger partial charge on any atom is -0.479 e. The van der Waals surface area contributed by atoms with Crippen molar-refractivity contribution in [3.8, 4) is 0 Å². The highest BCUT2D eigenvalue weighted by molar-refractivity contribution is 9.10. The van der Waals surface area contributed by atoms with Crippen LogP contribution in [-0.4, -0.2) is 47.7 Å². The first-order chi connectivity index (χ1) is 8.09. The second-order valence-electron chi connectivity index (χ2n) is 3.55. The van der Waals surface area contributed by atoms with Crippen molar-refractivity contribution in [1.82, 2.24) is 4.90 Å². The summed E-state index contributed by atoms with van der Waals surface area (Å²) in [5.41, 5.74) is 0. The molecule has 1 fully saturated rings. The van der Waals surface area contributed by atoms with Gasteiger partial charge < -0.3 is 19.2 Å². The standard InChI is InChI=1S/C10H10BrNO5/c11-6-1-3-17-8(6)9(13)12-2-4-16-7(5-12)10(14)15/h1,3,7H,2,4-5H2,(H,14,15)/t7-/m0/s1. The van der Waals surface area contributed by atoms with E-state index in [1.165, 1.54) is 11.2 Å². The number of aliphatic carboxylic acids is 1. The highest BCUT2D eigenvalue weighted by atomic mass is 79.9. The number of amides is 1. The fraction of sp³-hybridized carbons (Fsp3) is 0.400. The molecule has 92 valence electrons. The number of ether oxygens (including phenoxy) is 1. The van der Waals surface area contributed by atoms with Gasteiger partial charge in [-0.15, -0.1) is 0 Å². The molecular formula is C10H10BrNO5. The molecule has 2 heterocycles. The Bertz CT molecular complexity index is 444. The Labute approximate surface area is 105 Å². The summed E-state index contributed by atoms with van der Waals surface area (Å²) in [5.74, 6) is -1.23. The van der Waals surface area contributed by atoms with E-state index >= 15 is 0 Å². The Morgan fingerprint density at radius 2 is 2.29 bits per heavy atom. The molecule has 1 amide bonds. The van der Waals surface area contributed by atoms with Crippen LogP contribution in [0.1, 0.15) is 10.6 Å². The fourth-order valence-electron chi connectivity index (χ4n) is 1.57. The fourth-order valence-corrected chi connectivity index (χ4v) is 1.94. The van der Waals surface area contributed by atoms with Crippen LogP contribution in [0.2, 0.25) is 0 Å². The van der Waals surface area contributed by atoms with Crippen LogP contribution in [0.5, 0.6) is 0 Å².